The summed E-state index contributed by atoms with van der Waals surface area (Å²) in [6.07, 6.45) is 1.46. The molecule has 1 N–H and O–H groups in total. The molecule has 1 aromatic carbocycles. The van der Waals surface area contributed by atoms with Gasteiger partial charge in [-0.3, -0.25) is 4.90 Å². The minimum atomic E-state index is -0.444. The standard InChI is InChI=1S/C19H25FN4O2S2/c20-16-11-14(3-4-17(16)22-7-2-9-28-10-8-22)24-13-15(26-19(24)25)12-21-18(27)23-5-1-6-23/h3-4,11,15H,1-2,5-10,12-13H2,(H,21,27)/t15-/m0/s1. The van der Waals surface area contributed by atoms with Crippen LogP contribution in [0.15, 0.2) is 18.2 Å². The lowest BCUT2D eigenvalue weighted by Crippen LogP contribution is -2.49. The zero-order valence-electron chi connectivity index (χ0n) is 15.7. The molecule has 9 heteroatoms. The van der Waals surface area contributed by atoms with Gasteiger partial charge in [-0.1, -0.05) is 0 Å². The van der Waals surface area contributed by atoms with Gasteiger partial charge in [0.05, 0.1) is 24.5 Å². The Hall–Kier alpha value is -1.74. The van der Waals surface area contributed by atoms with E-state index in [-0.39, 0.29) is 11.9 Å². The third-order valence-electron chi connectivity index (χ3n) is 5.30. The number of anilines is 2. The van der Waals surface area contributed by atoms with Crippen LogP contribution in [-0.2, 0) is 4.74 Å². The van der Waals surface area contributed by atoms with Crippen molar-refractivity contribution in [3.05, 3.63) is 24.0 Å². The minimum absolute atomic E-state index is 0.294. The molecule has 0 bridgehead atoms. The van der Waals surface area contributed by atoms with Crippen molar-refractivity contribution in [2.45, 2.75) is 18.9 Å². The molecular formula is C19H25FN4O2S2. The first kappa shape index (κ1) is 19.6. The molecule has 0 aliphatic carbocycles. The SMILES string of the molecule is O=C1O[C@@H](CNC(=S)N2CCC2)CN1c1ccc(N2CCCSCC2)c(F)c1. The number of hydrogen-bond donors (Lipinski definition) is 1. The predicted octanol–water partition coefficient (Wildman–Crippen LogP) is 2.67. The fourth-order valence-electron chi connectivity index (χ4n) is 3.58. The van der Waals surface area contributed by atoms with Crippen molar-refractivity contribution in [3.63, 3.8) is 0 Å². The summed E-state index contributed by atoms with van der Waals surface area (Å²) in [5, 5.41) is 3.86. The van der Waals surface area contributed by atoms with E-state index in [1.807, 2.05) is 11.8 Å². The predicted molar refractivity (Wildman–Crippen MR) is 115 cm³/mol. The average molecular weight is 425 g/mol. The number of carbonyl (C=O) groups is 1. The zero-order chi connectivity index (χ0) is 19.5. The van der Waals surface area contributed by atoms with Crippen molar-refractivity contribution >= 4 is 46.6 Å². The molecule has 3 saturated heterocycles. The van der Waals surface area contributed by atoms with Crippen LogP contribution >= 0.6 is 24.0 Å². The number of nitrogens with zero attached hydrogens (tertiary/aromatic N) is 3. The van der Waals surface area contributed by atoms with Gasteiger partial charge in [-0.25, -0.2) is 9.18 Å². The first-order valence-corrected chi connectivity index (χ1v) is 11.3. The lowest BCUT2D eigenvalue weighted by molar-refractivity contribution is 0.142. The Morgan fingerprint density at radius 1 is 1.25 bits per heavy atom. The number of rotatable bonds is 4. The number of cyclic esters (lactones) is 1. The maximum Gasteiger partial charge on any atom is 0.414 e. The maximum atomic E-state index is 14.8. The van der Waals surface area contributed by atoms with Gasteiger partial charge in [-0.05, 0) is 49.0 Å². The van der Waals surface area contributed by atoms with Crippen LogP contribution in [0.5, 0.6) is 0 Å². The van der Waals surface area contributed by atoms with Gasteiger partial charge >= 0.3 is 6.09 Å². The number of thiocarbonyl (C=S) groups is 1. The Morgan fingerprint density at radius 3 is 2.86 bits per heavy atom. The van der Waals surface area contributed by atoms with Crippen LogP contribution in [0.25, 0.3) is 0 Å². The number of nitrogens with one attached hydrogen (secondary N) is 1. The van der Waals surface area contributed by atoms with Crippen LogP contribution in [0.3, 0.4) is 0 Å². The molecule has 6 nitrogen and oxygen atoms in total. The number of benzene rings is 1. The molecule has 0 radical (unpaired) electrons. The van der Waals surface area contributed by atoms with Gasteiger partial charge < -0.3 is 19.9 Å². The van der Waals surface area contributed by atoms with Crippen LogP contribution in [0.2, 0.25) is 0 Å². The van der Waals surface area contributed by atoms with Gasteiger partial charge in [0.25, 0.3) is 0 Å². The first-order valence-electron chi connectivity index (χ1n) is 9.75. The number of hydrogen-bond acceptors (Lipinski definition) is 5. The molecule has 3 aliphatic heterocycles. The summed E-state index contributed by atoms with van der Waals surface area (Å²) in [5.74, 6) is 1.83. The molecule has 0 unspecified atom stereocenters. The van der Waals surface area contributed by atoms with E-state index in [0.717, 1.165) is 50.5 Å². The number of ether oxygens (including phenoxy) is 1. The molecule has 4 rings (SSSR count). The minimum Gasteiger partial charge on any atom is -0.442 e. The molecule has 28 heavy (non-hydrogen) atoms. The molecule has 0 aromatic heterocycles. The van der Waals surface area contributed by atoms with Crippen molar-refractivity contribution in [1.82, 2.24) is 10.2 Å². The van der Waals surface area contributed by atoms with E-state index in [0.29, 0.717) is 29.6 Å². The highest BCUT2D eigenvalue weighted by Gasteiger charge is 2.33. The number of amides is 1. The third-order valence-corrected chi connectivity index (χ3v) is 6.76. The molecule has 152 valence electrons. The van der Waals surface area contributed by atoms with E-state index < -0.39 is 6.09 Å². The summed E-state index contributed by atoms with van der Waals surface area (Å²) in [4.78, 5) is 17.9. The Labute approximate surface area is 174 Å². The monoisotopic (exact) mass is 424 g/mol. The third kappa shape index (κ3) is 4.30. The van der Waals surface area contributed by atoms with E-state index in [1.54, 1.807) is 12.1 Å². The fraction of sp³-hybridized carbons (Fsp3) is 0.579. The lowest BCUT2D eigenvalue weighted by Gasteiger charge is -2.33. The number of halogens is 1. The van der Waals surface area contributed by atoms with Gasteiger partial charge in [-0.15, -0.1) is 0 Å². The topological polar surface area (TPSA) is 48.1 Å². The summed E-state index contributed by atoms with van der Waals surface area (Å²) >= 11 is 7.23. The summed E-state index contributed by atoms with van der Waals surface area (Å²) in [5.41, 5.74) is 1.14. The average Bonchev–Trinajstić information content (AvgIpc) is 2.82. The fourth-order valence-corrected chi connectivity index (χ4v) is 4.73. The number of thioether (sulfide) groups is 1. The normalized spacial score (nSPS) is 22.5. The molecule has 1 aromatic rings. The van der Waals surface area contributed by atoms with E-state index in [2.05, 4.69) is 15.1 Å². The molecular weight excluding hydrogens is 399 g/mol. The van der Waals surface area contributed by atoms with Crippen molar-refractivity contribution in [3.8, 4) is 0 Å². The summed E-state index contributed by atoms with van der Waals surface area (Å²) < 4.78 is 20.2. The highest BCUT2D eigenvalue weighted by molar-refractivity contribution is 7.99. The van der Waals surface area contributed by atoms with Crippen LogP contribution < -0.4 is 15.1 Å². The summed E-state index contributed by atoms with van der Waals surface area (Å²) in [7, 11) is 0. The Bertz CT molecular complexity index is 739. The van der Waals surface area contributed by atoms with Crippen molar-refractivity contribution in [1.29, 1.82) is 0 Å². The molecule has 1 amide bonds. The summed E-state index contributed by atoms with van der Waals surface area (Å²) in [6.45, 7) is 4.50. The molecule has 0 spiro atoms. The van der Waals surface area contributed by atoms with Crippen LogP contribution in [0, 0.1) is 5.82 Å². The maximum absolute atomic E-state index is 14.8. The number of carbonyl (C=O) groups excluding carboxylic acids is 1. The van der Waals surface area contributed by atoms with Crippen LogP contribution in [0.1, 0.15) is 12.8 Å². The van der Waals surface area contributed by atoms with Crippen molar-refractivity contribution in [2.75, 3.05) is 60.6 Å². The zero-order valence-corrected chi connectivity index (χ0v) is 17.4. The van der Waals surface area contributed by atoms with Gasteiger partial charge in [-0.2, -0.15) is 11.8 Å². The van der Waals surface area contributed by atoms with Gasteiger partial charge in [0.1, 0.15) is 11.9 Å². The lowest BCUT2D eigenvalue weighted by atomic mass is 10.2. The second-order valence-electron chi connectivity index (χ2n) is 7.23. The van der Waals surface area contributed by atoms with Crippen molar-refractivity contribution < 1.29 is 13.9 Å². The number of likely N-dealkylation sites (tertiary alicyclic amines) is 1. The molecule has 3 heterocycles. The molecule has 3 fully saturated rings. The largest absolute Gasteiger partial charge is 0.442 e. The summed E-state index contributed by atoms with van der Waals surface area (Å²) in [6, 6.07) is 5.02. The van der Waals surface area contributed by atoms with E-state index in [4.69, 9.17) is 17.0 Å². The quantitative estimate of drug-likeness (QED) is 0.746. The van der Waals surface area contributed by atoms with E-state index in [1.165, 1.54) is 11.0 Å². The highest BCUT2D eigenvalue weighted by Crippen LogP contribution is 2.29. The van der Waals surface area contributed by atoms with Gasteiger partial charge in [0, 0.05) is 31.9 Å². The van der Waals surface area contributed by atoms with Crippen LogP contribution in [0.4, 0.5) is 20.6 Å². The van der Waals surface area contributed by atoms with Gasteiger partial charge in [0.15, 0.2) is 5.11 Å². The smallest absolute Gasteiger partial charge is 0.414 e. The van der Waals surface area contributed by atoms with E-state index in [9.17, 15) is 9.18 Å². The molecule has 0 saturated carbocycles. The van der Waals surface area contributed by atoms with Crippen molar-refractivity contribution in [2.24, 2.45) is 0 Å². The Balaban J connectivity index is 1.37. The molecule has 3 aliphatic rings. The Morgan fingerprint density at radius 2 is 2.11 bits per heavy atom. The second-order valence-corrected chi connectivity index (χ2v) is 8.84. The van der Waals surface area contributed by atoms with Gasteiger partial charge in [0.2, 0.25) is 0 Å². The van der Waals surface area contributed by atoms with Crippen LogP contribution in [-0.4, -0.2) is 73.0 Å². The molecule has 1 atom stereocenters. The first-order chi connectivity index (χ1) is 13.6. The highest BCUT2D eigenvalue weighted by atomic mass is 32.2. The second kappa shape index (κ2) is 8.73. The Kier molecular flexibility index (Phi) is 6.10. The van der Waals surface area contributed by atoms with E-state index >= 15 is 0 Å².